The summed E-state index contributed by atoms with van der Waals surface area (Å²) in [6.45, 7) is 6.84. The largest absolute Gasteiger partial charge is 0.444 e. The molecule has 2 heterocycles. The number of hydrogen-bond acceptors (Lipinski definition) is 5. The number of fused-ring (bicyclic) bond motifs is 1. The zero-order chi connectivity index (χ0) is 18.9. The van der Waals surface area contributed by atoms with Gasteiger partial charge in [0.2, 0.25) is 0 Å². The highest BCUT2D eigenvalue weighted by Crippen LogP contribution is 2.29. The van der Waals surface area contributed by atoms with Gasteiger partial charge in [-0.3, -0.25) is 0 Å². The van der Waals surface area contributed by atoms with Crippen LogP contribution in [0.4, 0.5) is 10.6 Å². The number of pyridine rings is 1. The minimum atomic E-state index is -0.500. The van der Waals surface area contributed by atoms with Crippen molar-refractivity contribution >= 4 is 22.7 Å². The van der Waals surface area contributed by atoms with Crippen LogP contribution >= 0.6 is 0 Å². The summed E-state index contributed by atoms with van der Waals surface area (Å²) in [7, 11) is 1.97. The molecule has 0 bridgehead atoms. The normalized spacial score (nSPS) is 17.2. The van der Waals surface area contributed by atoms with Crippen LogP contribution in [-0.2, 0) is 4.74 Å². The van der Waals surface area contributed by atoms with Crippen molar-refractivity contribution in [1.82, 2.24) is 9.88 Å². The van der Waals surface area contributed by atoms with Crippen LogP contribution in [-0.4, -0.2) is 47.8 Å². The lowest BCUT2D eigenvalue weighted by atomic mass is 10.1. The van der Waals surface area contributed by atoms with Gasteiger partial charge in [0.05, 0.1) is 0 Å². The Kier molecular flexibility index (Phi) is 4.73. The van der Waals surface area contributed by atoms with Crippen molar-refractivity contribution in [3.05, 3.63) is 36.0 Å². The molecule has 1 aliphatic heterocycles. The third kappa shape index (κ3) is 3.72. The van der Waals surface area contributed by atoms with Crippen LogP contribution < -0.4 is 4.90 Å². The molecule has 2 aromatic rings. The number of anilines is 1. The van der Waals surface area contributed by atoms with E-state index in [1.807, 2.05) is 52.1 Å². The number of nitrogens with zero attached hydrogens (tertiary/aromatic N) is 4. The van der Waals surface area contributed by atoms with Crippen LogP contribution in [0.25, 0.3) is 10.8 Å². The third-order valence-corrected chi connectivity index (χ3v) is 4.53. The van der Waals surface area contributed by atoms with Crippen LogP contribution in [0.3, 0.4) is 0 Å². The molecular weight excluding hydrogens is 328 g/mol. The van der Waals surface area contributed by atoms with E-state index in [-0.39, 0.29) is 12.1 Å². The van der Waals surface area contributed by atoms with Crippen molar-refractivity contribution in [2.45, 2.75) is 38.8 Å². The molecular formula is C20H24N4O2. The summed E-state index contributed by atoms with van der Waals surface area (Å²) >= 11 is 0. The maximum absolute atomic E-state index is 12.3. The molecule has 26 heavy (non-hydrogen) atoms. The number of hydrogen-bond donors (Lipinski definition) is 0. The molecule has 1 aliphatic rings. The van der Waals surface area contributed by atoms with Gasteiger partial charge < -0.3 is 14.5 Å². The summed E-state index contributed by atoms with van der Waals surface area (Å²) in [5, 5.41) is 11.3. The number of ether oxygens (including phenoxy) is 1. The van der Waals surface area contributed by atoms with Crippen LogP contribution in [0.2, 0.25) is 0 Å². The number of benzene rings is 1. The molecule has 1 aromatic heterocycles. The fraction of sp³-hybridized carbons (Fsp3) is 0.450. The molecule has 0 saturated carbocycles. The second-order valence-electron chi connectivity index (χ2n) is 7.64. The monoisotopic (exact) mass is 352 g/mol. The van der Waals surface area contributed by atoms with Crippen LogP contribution in [0.15, 0.2) is 30.3 Å². The van der Waals surface area contributed by atoms with E-state index in [1.165, 1.54) is 0 Å². The van der Waals surface area contributed by atoms with E-state index in [0.717, 1.165) is 23.0 Å². The quantitative estimate of drug-likeness (QED) is 0.827. The molecule has 0 N–H and O–H groups in total. The van der Waals surface area contributed by atoms with Gasteiger partial charge in [0.1, 0.15) is 23.2 Å². The molecule has 0 spiro atoms. The molecule has 1 saturated heterocycles. The molecule has 0 radical (unpaired) electrons. The molecule has 136 valence electrons. The minimum absolute atomic E-state index is 0.132. The van der Waals surface area contributed by atoms with Gasteiger partial charge in [0.15, 0.2) is 0 Å². The van der Waals surface area contributed by atoms with Gasteiger partial charge in [-0.1, -0.05) is 24.3 Å². The molecule has 1 atom stereocenters. The lowest BCUT2D eigenvalue weighted by Gasteiger charge is -2.28. The van der Waals surface area contributed by atoms with E-state index in [2.05, 4.69) is 16.0 Å². The number of carbonyl (C=O) groups is 1. The minimum Gasteiger partial charge on any atom is -0.444 e. The van der Waals surface area contributed by atoms with E-state index in [9.17, 15) is 10.1 Å². The topological polar surface area (TPSA) is 69.5 Å². The van der Waals surface area contributed by atoms with Crippen molar-refractivity contribution in [3.8, 4) is 6.07 Å². The van der Waals surface area contributed by atoms with Crippen molar-refractivity contribution in [3.63, 3.8) is 0 Å². The zero-order valence-corrected chi connectivity index (χ0v) is 15.7. The average molecular weight is 352 g/mol. The number of likely N-dealkylation sites (N-methyl/N-ethyl adjacent to an activating group) is 1. The highest BCUT2D eigenvalue weighted by molar-refractivity contribution is 5.93. The van der Waals surface area contributed by atoms with E-state index in [1.54, 1.807) is 11.0 Å². The Hall–Kier alpha value is -2.81. The Morgan fingerprint density at radius 1 is 1.38 bits per heavy atom. The maximum Gasteiger partial charge on any atom is 0.410 e. The standard InChI is InChI=1S/C20H24N4O2/c1-20(2,3)26-19(25)24-10-9-16(13-24)23(4)18-17-8-6-5-7-14(17)11-15(12-21)22-18/h5-8,11,16H,9-10,13H2,1-4H3/t16-/m0/s1. The first-order valence-corrected chi connectivity index (χ1v) is 8.79. The summed E-state index contributed by atoms with van der Waals surface area (Å²) in [6.07, 6.45) is 0.555. The third-order valence-electron chi connectivity index (χ3n) is 4.53. The molecule has 1 fully saturated rings. The van der Waals surface area contributed by atoms with Crippen molar-refractivity contribution in [2.75, 3.05) is 25.0 Å². The van der Waals surface area contributed by atoms with Crippen molar-refractivity contribution in [2.24, 2.45) is 0 Å². The van der Waals surface area contributed by atoms with Gasteiger partial charge in [-0.15, -0.1) is 0 Å². The van der Waals surface area contributed by atoms with Crippen LogP contribution in [0.5, 0.6) is 0 Å². The first-order valence-electron chi connectivity index (χ1n) is 8.79. The number of likely N-dealkylation sites (tertiary alicyclic amines) is 1. The molecule has 6 nitrogen and oxygen atoms in total. The van der Waals surface area contributed by atoms with E-state index in [0.29, 0.717) is 18.8 Å². The van der Waals surface area contributed by atoms with Crippen LogP contribution in [0.1, 0.15) is 32.9 Å². The number of nitriles is 1. The summed E-state index contributed by atoms with van der Waals surface area (Å²) in [6, 6.07) is 12.0. The van der Waals surface area contributed by atoms with Crippen LogP contribution in [0, 0.1) is 11.3 Å². The summed E-state index contributed by atoms with van der Waals surface area (Å²) in [5.74, 6) is 0.774. The highest BCUT2D eigenvalue weighted by atomic mass is 16.6. The summed E-state index contributed by atoms with van der Waals surface area (Å²) in [5.41, 5.74) is -0.104. The van der Waals surface area contributed by atoms with E-state index in [4.69, 9.17) is 4.74 Å². The highest BCUT2D eigenvalue weighted by Gasteiger charge is 2.32. The SMILES string of the molecule is CN(c1nc(C#N)cc2ccccc12)[C@H]1CCN(C(=O)OC(C)(C)C)C1. The molecule has 1 aromatic carbocycles. The van der Waals surface area contributed by atoms with Gasteiger partial charge in [-0.25, -0.2) is 9.78 Å². The Bertz CT molecular complexity index is 866. The van der Waals surface area contributed by atoms with Crippen molar-refractivity contribution < 1.29 is 9.53 Å². The van der Waals surface area contributed by atoms with Gasteiger partial charge in [0, 0.05) is 31.6 Å². The molecule has 3 rings (SSSR count). The molecule has 6 heteroatoms. The fourth-order valence-electron chi connectivity index (χ4n) is 3.23. The van der Waals surface area contributed by atoms with Gasteiger partial charge in [0.25, 0.3) is 0 Å². The number of rotatable bonds is 2. The summed E-state index contributed by atoms with van der Waals surface area (Å²) < 4.78 is 5.47. The Morgan fingerprint density at radius 3 is 2.81 bits per heavy atom. The lowest BCUT2D eigenvalue weighted by molar-refractivity contribution is 0.0292. The van der Waals surface area contributed by atoms with Gasteiger partial charge in [-0.2, -0.15) is 5.26 Å². The Balaban J connectivity index is 1.83. The molecule has 0 unspecified atom stereocenters. The van der Waals surface area contributed by atoms with E-state index < -0.39 is 5.60 Å². The second-order valence-corrected chi connectivity index (χ2v) is 7.64. The zero-order valence-electron chi connectivity index (χ0n) is 15.7. The first kappa shape index (κ1) is 18.0. The predicted molar refractivity (Wildman–Crippen MR) is 101 cm³/mol. The fourth-order valence-corrected chi connectivity index (χ4v) is 3.23. The predicted octanol–water partition coefficient (Wildman–Crippen LogP) is 3.55. The van der Waals surface area contributed by atoms with Gasteiger partial charge in [-0.05, 0) is 38.6 Å². The Labute approximate surface area is 154 Å². The van der Waals surface area contributed by atoms with E-state index >= 15 is 0 Å². The van der Waals surface area contributed by atoms with Crippen molar-refractivity contribution in [1.29, 1.82) is 5.26 Å². The Morgan fingerprint density at radius 2 is 2.12 bits per heavy atom. The molecule has 1 amide bonds. The lowest BCUT2D eigenvalue weighted by Crippen LogP contribution is -2.39. The first-order chi connectivity index (χ1) is 12.3. The second kappa shape index (κ2) is 6.83. The molecule has 0 aliphatic carbocycles. The number of carbonyl (C=O) groups excluding carboxylic acids is 1. The summed E-state index contributed by atoms with van der Waals surface area (Å²) in [4.78, 5) is 20.6. The number of amides is 1. The smallest absolute Gasteiger partial charge is 0.410 e. The number of aromatic nitrogens is 1. The van der Waals surface area contributed by atoms with Gasteiger partial charge >= 0.3 is 6.09 Å². The maximum atomic E-state index is 12.3. The average Bonchev–Trinajstić information content (AvgIpc) is 3.09.